The van der Waals surface area contributed by atoms with Crippen LogP contribution in [0.2, 0.25) is 0 Å². The second-order valence-electron chi connectivity index (χ2n) is 6.77. The van der Waals surface area contributed by atoms with E-state index in [1.165, 1.54) is 21.7 Å². The first-order valence-electron chi connectivity index (χ1n) is 9.22. The minimum absolute atomic E-state index is 0.175. The Balaban J connectivity index is 1.71. The number of benzene rings is 1. The van der Waals surface area contributed by atoms with Crippen molar-refractivity contribution in [2.75, 3.05) is 25.5 Å². The van der Waals surface area contributed by atoms with Crippen LogP contribution >= 0.6 is 0 Å². The summed E-state index contributed by atoms with van der Waals surface area (Å²) >= 11 is 0. The number of anilines is 1. The molecule has 30 heavy (non-hydrogen) atoms. The SMILES string of the molecule is CN(C(=O)CN(C)S(=N)(=O)/C=C/c1ccccc1)c1cc(-c2cccnc2)nn1C. The molecule has 2 heterocycles. The lowest BCUT2D eigenvalue weighted by Gasteiger charge is -2.22. The summed E-state index contributed by atoms with van der Waals surface area (Å²) in [6.45, 7) is -0.175. The highest BCUT2D eigenvalue weighted by molar-refractivity contribution is 7.93. The molecule has 0 fully saturated rings. The van der Waals surface area contributed by atoms with Crippen molar-refractivity contribution in [1.29, 1.82) is 4.78 Å². The normalized spacial score (nSPS) is 13.5. The van der Waals surface area contributed by atoms with E-state index in [2.05, 4.69) is 10.1 Å². The Morgan fingerprint density at radius 1 is 1.20 bits per heavy atom. The minimum atomic E-state index is -3.24. The van der Waals surface area contributed by atoms with Crippen LogP contribution < -0.4 is 4.90 Å². The van der Waals surface area contributed by atoms with Crippen LogP contribution in [0.25, 0.3) is 17.3 Å². The highest BCUT2D eigenvalue weighted by atomic mass is 32.2. The molecule has 1 atom stereocenters. The van der Waals surface area contributed by atoms with Gasteiger partial charge in [-0.1, -0.05) is 30.3 Å². The van der Waals surface area contributed by atoms with Gasteiger partial charge in [-0.3, -0.25) is 19.4 Å². The highest BCUT2D eigenvalue weighted by Crippen LogP contribution is 2.22. The molecule has 1 aromatic carbocycles. The average Bonchev–Trinajstić information content (AvgIpc) is 3.14. The molecule has 0 saturated carbocycles. The first-order chi connectivity index (χ1) is 14.3. The van der Waals surface area contributed by atoms with Gasteiger partial charge in [-0.2, -0.15) is 5.10 Å². The molecule has 1 unspecified atom stereocenters. The predicted molar refractivity (Wildman–Crippen MR) is 119 cm³/mol. The van der Waals surface area contributed by atoms with Crippen molar-refractivity contribution in [2.24, 2.45) is 7.05 Å². The standard InChI is InChI=1S/C21H24N6O2S/c1-25(30(22,29)13-11-17-8-5-4-6-9-17)16-21(28)26(2)20-14-19(24-27(20)3)18-10-7-12-23-15-18/h4-15,22H,16H2,1-3H3/b13-11+. The second-order valence-corrected chi connectivity index (χ2v) is 8.81. The largest absolute Gasteiger partial charge is 0.299 e. The molecular formula is C21H24N6O2S. The van der Waals surface area contributed by atoms with Gasteiger partial charge >= 0.3 is 0 Å². The van der Waals surface area contributed by atoms with Gasteiger partial charge in [0.25, 0.3) is 0 Å². The summed E-state index contributed by atoms with van der Waals surface area (Å²) in [6, 6.07) is 14.8. The zero-order chi connectivity index (χ0) is 21.7. The second kappa shape index (κ2) is 9.02. The number of hydrogen-bond donors (Lipinski definition) is 1. The maximum Gasteiger partial charge on any atom is 0.243 e. The van der Waals surface area contributed by atoms with Crippen molar-refractivity contribution in [3.63, 3.8) is 0 Å². The summed E-state index contributed by atoms with van der Waals surface area (Å²) in [6.07, 6.45) is 5.01. The molecule has 2 aromatic heterocycles. The van der Waals surface area contributed by atoms with Gasteiger partial charge in [-0.25, -0.2) is 13.3 Å². The van der Waals surface area contributed by atoms with E-state index >= 15 is 0 Å². The van der Waals surface area contributed by atoms with E-state index in [-0.39, 0.29) is 12.5 Å². The number of aromatic nitrogens is 3. The van der Waals surface area contributed by atoms with Crippen molar-refractivity contribution in [3.05, 3.63) is 71.9 Å². The Bertz CT molecular complexity index is 1140. The number of carbonyl (C=O) groups excluding carboxylic acids is 1. The van der Waals surface area contributed by atoms with Crippen LogP contribution in [-0.2, 0) is 21.8 Å². The number of aryl methyl sites for hydroxylation is 1. The molecule has 0 bridgehead atoms. The molecule has 1 N–H and O–H groups in total. The van der Waals surface area contributed by atoms with Crippen LogP contribution in [0.5, 0.6) is 0 Å². The number of nitrogens with zero attached hydrogens (tertiary/aromatic N) is 5. The Hall–Kier alpha value is -3.30. The molecule has 1 amide bonds. The Kier molecular flexibility index (Phi) is 6.43. The fourth-order valence-electron chi connectivity index (χ4n) is 2.79. The molecule has 8 nitrogen and oxygen atoms in total. The Morgan fingerprint density at radius 2 is 1.93 bits per heavy atom. The van der Waals surface area contributed by atoms with E-state index in [0.717, 1.165) is 11.1 Å². The first-order valence-corrected chi connectivity index (χ1v) is 10.8. The number of carbonyl (C=O) groups is 1. The monoisotopic (exact) mass is 424 g/mol. The van der Waals surface area contributed by atoms with Gasteiger partial charge in [0.2, 0.25) is 5.91 Å². The van der Waals surface area contributed by atoms with Crippen LogP contribution in [0.1, 0.15) is 5.56 Å². The third-order valence-corrected chi connectivity index (χ3v) is 6.16. The van der Waals surface area contributed by atoms with Gasteiger partial charge in [-0.05, 0) is 23.8 Å². The van der Waals surface area contributed by atoms with Crippen molar-refractivity contribution < 1.29 is 9.00 Å². The smallest absolute Gasteiger partial charge is 0.243 e. The zero-order valence-corrected chi connectivity index (χ0v) is 17.9. The number of hydrogen-bond acceptors (Lipinski definition) is 5. The zero-order valence-electron chi connectivity index (χ0n) is 17.1. The van der Waals surface area contributed by atoms with Crippen molar-refractivity contribution in [1.82, 2.24) is 19.1 Å². The van der Waals surface area contributed by atoms with Gasteiger partial charge in [0.05, 0.1) is 12.2 Å². The fourth-order valence-corrected chi connectivity index (χ4v) is 3.64. The van der Waals surface area contributed by atoms with Crippen molar-refractivity contribution in [2.45, 2.75) is 0 Å². The Morgan fingerprint density at radius 3 is 2.60 bits per heavy atom. The molecule has 3 rings (SSSR count). The highest BCUT2D eigenvalue weighted by Gasteiger charge is 2.21. The lowest BCUT2D eigenvalue weighted by atomic mass is 10.2. The molecular weight excluding hydrogens is 400 g/mol. The average molecular weight is 425 g/mol. The van der Waals surface area contributed by atoms with Crippen LogP contribution in [0.15, 0.2) is 66.3 Å². The molecule has 156 valence electrons. The minimum Gasteiger partial charge on any atom is -0.299 e. The molecule has 3 aromatic rings. The van der Waals surface area contributed by atoms with Crippen LogP contribution in [0.4, 0.5) is 5.82 Å². The van der Waals surface area contributed by atoms with Gasteiger partial charge in [0, 0.05) is 50.6 Å². The fraction of sp³-hybridized carbons (Fsp3) is 0.190. The number of nitrogens with one attached hydrogen (secondary N) is 1. The Labute approximate surface area is 176 Å². The van der Waals surface area contributed by atoms with Gasteiger partial charge in [0.15, 0.2) is 0 Å². The van der Waals surface area contributed by atoms with Gasteiger partial charge in [0.1, 0.15) is 15.7 Å². The van der Waals surface area contributed by atoms with E-state index < -0.39 is 9.92 Å². The van der Waals surface area contributed by atoms with E-state index in [9.17, 15) is 9.00 Å². The van der Waals surface area contributed by atoms with Crippen LogP contribution in [0.3, 0.4) is 0 Å². The number of likely N-dealkylation sites (N-methyl/N-ethyl adjacent to an activating group) is 2. The molecule has 0 aliphatic rings. The number of amides is 1. The van der Waals surface area contributed by atoms with Crippen LogP contribution in [0, 0.1) is 4.78 Å². The topological polar surface area (TPSA) is 95.2 Å². The van der Waals surface area contributed by atoms with Crippen LogP contribution in [-0.4, -0.2) is 49.8 Å². The molecule has 0 saturated heterocycles. The van der Waals surface area contributed by atoms with Gasteiger partial charge < -0.3 is 0 Å². The predicted octanol–water partition coefficient (Wildman–Crippen LogP) is 3.01. The summed E-state index contributed by atoms with van der Waals surface area (Å²) < 4.78 is 23.7. The summed E-state index contributed by atoms with van der Waals surface area (Å²) in [4.78, 5) is 18.3. The van der Waals surface area contributed by atoms with E-state index in [1.807, 2.05) is 42.5 Å². The van der Waals surface area contributed by atoms with Crippen molar-refractivity contribution >= 4 is 27.7 Å². The molecule has 0 aliphatic carbocycles. The summed E-state index contributed by atoms with van der Waals surface area (Å²) in [5, 5.41) is 5.76. The number of pyridine rings is 1. The first kappa shape index (κ1) is 21.4. The van der Waals surface area contributed by atoms with E-state index in [4.69, 9.17) is 4.78 Å². The molecule has 9 heteroatoms. The van der Waals surface area contributed by atoms with E-state index in [0.29, 0.717) is 11.5 Å². The number of rotatable bonds is 7. The maximum atomic E-state index is 12.8. The lowest BCUT2D eigenvalue weighted by Crippen LogP contribution is -2.39. The van der Waals surface area contributed by atoms with Gasteiger partial charge in [-0.15, -0.1) is 0 Å². The third-order valence-electron chi connectivity index (χ3n) is 4.60. The third kappa shape index (κ3) is 5.00. The van der Waals surface area contributed by atoms with Crippen molar-refractivity contribution in [3.8, 4) is 11.3 Å². The quantitative estimate of drug-likeness (QED) is 0.631. The summed E-state index contributed by atoms with van der Waals surface area (Å²) in [5.74, 6) is 0.287. The summed E-state index contributed by atoms with van der Waals surface area (Å²) in [7, 11) is 1.64. The molecule has 0 spiro atoms. The summed E-state index contributed by atoms with van der Waals surface area (Å²) in [5.41, 5.74) is 2.38. The molecule has 0 aliphatic heterocycles. The van der Waals surface area contributed by atoms with E-state index in [1.54, 1.807) is 43.3 Å². The maximum absolute atomic E-state index is 12.8. The lowest BCUT2D eigenvalue weighted by molar-refractivity contribution is -0.118. The molecule has 0 radical (unpaired) electrons.